The fraction of sp³-hybridized carbons (Fsp3) is 0.300. The summed E-state index contributed by atoms with van der Waals surface area (Å²) in [5, 5.41) is 25.6. The van der Waals surface area contributed by atoms with Crippen molar-refractivity contribution in [3.05, 3.63) is 65.7 Å². The van der Waals surface area contributed by atoms with Gasteiger partial charge < -0.3 is 15.2 Å². The molecule has 6 nitrogen and oxygen atoms in total. The van der Waals surface area contributed by atoms with Crippen LogP contribution >= 0.6 is 0 Å². The fourth-order valence-corrected chi connectivity index (χ4v) is 2.98. The summed E-state index contributed by atoms with van der Waals surface area (Å²) in [6, 6.07) is 16.9. The second-order valence-electron chi connectivity index (χ2n) is 6.70. The zero-order valence-electron chi connectivity index (χ0n) is 15.4. The first-order valence-corrected chi connectivity index (χ1v) is 8.47. The van der Waals surface area contributed by atoms with Crippen LogP contribution in [0.2, 0.25) is 0 Å². The molecule has 0 aromatic heterocycles. The molecular weight excluding hydrogens is 555 g/mol. The quantitative estimate of drug-likeness (QED) is 0.226. The molecule has 7 heteroatoms. The summed E-state index contributed by atoms with van der Waals surface area (Å²) in [7, 11) is 0. The molecule has 2 aromatic rings. The van der Waals surface area contributed by atoms with E-state index < -0.39 is 17.7 Å². The van der Waals surface area contributed by atoms with Gasteiger partial charge in [-0.1, -0.05) is 48.5 Å². The molecule has 3 N–H and O–H groups in total. The number of guanidine groups is 1. The van der Waals surface area contributed by atoms with E-state index in [9.17, 15) is 5.11 Å². The van der Waals surface area contributed by atoms with Crippen molar-refractivity contribution >= 4 is 5.96 Å². The molecule has 0 saturated carbocycles. The molecule has 0 spiro atoms. The van der Waals surface area contributed by atoms with E-state index in [0.717, 1.165) is 11.1 Å². The Morgan fingerprint density at radius 1 is 1.19 bits per heavy atom. The number of hydrogen-bond acceptors (Lipinski definition) is 4. The first kappa shape index (κ1) is 21.7. The Kier molecular flexibility index (Phi) is 7.68. The van der Waals surface area contributed by atoms with Gasteiger partial charge in [-0.3, -0.25) is 5.32 Å². The van der Waals surface area contributed by atoms with Gasteiger partial charge in [0.25, 0.3) is 0 Å². The minimum absolute atomic E-state index is 0. The van der Waals surface area contributed by atoms with E-state index in [1.807, 2.05) is 74.6 Å². The third-order valence-corrected chi connectivity index (χ3v) is 4.38. The predicted octanol–water partition coefficient (Wildman–Crippen LogP) is 2.48. The molecule has 2 atom stereocenters. The number of nitrogens with zero attached hydrogens (tertiary/aromatic N) is 2. The van der Waals surface area contributed by atoms with Crippen molar-refractivity contribution < 1.29 is 53.9 Å². The smallest absolute Gasteiger partial charge is 0.205 e. The summed E-state index contributed by atoms with van der Waals surface area (Å²) in [6.07, 6.45) is 1.08. The number of nitriles is 1. The second kappa shape index (κ2) is 9.55. The predicted molar refractivity (Wildman–Crippen MR) is 99.4 cm³/mol. The maximum absolute atomic E-state index is 10.8. The largest absolute Gasteiger partial charge is 0.485 e. The Bertz CT molecular complexity index is 833. The molecule has 1 radical (unpaired) electrons. The van der Waals surface area contributed by atoms with E-state index in [4.69, 9.17) is 10.00 Å². The summed E-state index contributed by atoms with van der Waals surface area (Å²) in [5.74, 6) is 1.02. The number of benzene rings is 2. The molecule has 1 aliphatic rings. The topological polar surface area (TPSA) is 89.7 Å². The van der Waals surface area contributed by atoms with Crippen molar-refractivity contribution in [2.75, 3.05) is 0 Å². The fourth-order valence-electron chi connectivity index (χ4n) is 2.98. The van der Waals surface area contributed by atoms with Gasteiger partial charge in [0.1, 0.15) is 17.5 Å². The number of ether oxygens (including phenoxy) is 1. The zero-order valence-corrected chi connectivity index (χ0v) is 20.1. The van der Waals surface area contributed by atoms with Gasteiger partial charge in [0.15, 0.2) is 6.19 Å². The van der Waals surface area contributed by atoms with Crippen LogP contribution in [0.25, 0.3) is 0 Å². The van der Waals surface area contributed by atoms with Gasteiger partial charge in [-0.25, -0.2) is 4.99 Å². The van der Waals surface area contributed by atoms with Crippen LogP contribution in [0.3, 0.4) is 0 Å². The molecule has 0 saturated heterocycles. The number of aliphatic hydroxyl groups excluding tert-OH is 1. The van der Waals surface area contributed by atoms with Crippen molar-refractivity contribution in [2.24, 2.45) is 4.99 Å². The van der Waals surface area contributed by atoms with E-state index in [-0.39, 0.29) is 44.1 Å². The average Bonchev–Trinajstić information content (AvgIpc) is 2.64. The normalized spacial score (nSPS) is 20.3. The number of hydrogen-bond donors (Lipinski definition) is 3. The van der Waals surface area contributed by atoms with Crippen molar-refractivity contribution in [1.29, 1.82) is 5.26 Å². The summed E-state index contributed by atoms with van der Waals surface area (Å²) < 4.78 is 5.92. The van der Waals surface area contributed by atoms with Gasteiger partial charge in [-0.15, -0.1) is 0 Å². The summed E-state index contributed by atoms with van der Waals surface area (Å²) in [5.41, 5.74) is 1.08. The Labute approximate surface area is 195 Å². The van der Waals surface area contributed by atoms with Gasteiger partial charge in [0.2, 0.25) is 5.96 Å². The van der Waals surface area contributed by atoms with E-state index in [2.05, 4.69) is 15.6 Å². The molecule has 0 aliphatic carbocycles. The third-order valence-electron chi connectivity index (χ3n) is 4.38. The first-order chi connectivity index (χ1) is 12.5. The van der Waals surface area contributed by atoms with E-state index in [1.165, 1.54) is 0 Å². The van der Waals surface area contributed by atoms with Gasteiger partial charge in [0, 0.05) is 49.6 Å². The second-order valence-corrected chi connectivity index (χ2v) is 6.70. The van der Waals surface area contributed by atoms with Crippen LogP contribution < -0.4 is 15.4 Å². The Morgan fingerprint density at radius 2 is 1.85 bits per heavy atom. The van der Waals surface area contributed by atoms with E-state index in [1.54, 1.807) is 0 Å². The molecule has 2 aromatic carbocycles. The molecule has 0 fully saturated rings. The number of aliphatic hydroxyl groups is 1. The van der Waals surface area contributed by atoms with Crippen molar-refractivity contribution in [3.8, 4) is 11.9 Å². The van der Waals surface area contributed by atoms with Gasteiger partial charge in [-0.2, -0.15) is 5.26 Å². The summed E-state index contributed by atoms with van der Waals surface area (Å²) in [6.45, 7) is 4.09. The van der Waals surface area contributed by atoms with Crippen LogP contribution in [0.1, 0.15) is 31.0 Å². The summed E-state index contributed by atoms with van der Waals surface area (Å²) >= 11 is 0. The SMILES string of the molecule is CC1(C)Oc2ccccc2C(NC(=NCc2ccccc2)NC#N)C1O.[Ac]. The average molecular weight is 577 g/mol. The monoisotopic (exact) mass is 577 g/mol. The Hall–Kier alpha value is -1.60. The first-order valence-electron chi connectivity index (χ1n) is 8.47. The number of fused-ring (bicyclic) bond motifs is 1. The zero-order chi connectivity index (χ0) is 18.6. The minimum atomic E-state index is -0.820. The van der Waals surface area contributed by atoms with Crippen LogP contribution in [0.5, 0.6) is 5.75 Å². The molecule has 1 heterocycles. The molecule has 0 amide bonds. The molecule has 2 unspecified atom stereocenters. The Balaban J connectivity index is 0.00000261. The summed E-state index contributed by atoms with van der Waals surface area (Å²) in [4.78, 5) is 4.45. The van der Waals surface area contributed by atoms with Gasteiger partial charge >= 0.3 is 0 Å². The van der Waals surface area contributed by atoms with Crippen LogP contribution in [-0.4, -0.2) is 22.8 Å². The molecule has 27 heavy (non-hydrogen) atoms. The van der Waals surface area contributed by atoms with Gasteiger partial charge in [0.05, 0.1) is 12.6 Å². The van der Waals surface area contributed by atoms with Crippen LogP contribution in [0.15, 0.2) is 59.6 Å². The van der Waals surface area contributed by atoms with Crippen molar-refractivity contribution in [1.82, 2.24) is 10.6 Å². The van der Waals surface area contributed by atoms with Gasteiger partial charge in [-0.05, 0) is 25.5 Å². The molecule has 0 bridgehead atoms. The standard InChI is InChI=1S/C20H22N4O2.Ac/c1-20(2)18(25)17(15-10-6-7-11-16(15)26-20)24-19(23-13-21)22-12-14-8-4-3-5-9-14;/h3-11,17-18,25H,12H2,1-2H3,(H2,22,23,24);. The van der Waals surface area contributed by atoms with Crippen LogP contribution in [0.4, 0.5) is 0 Å². The van der Waals surface area contributed by atoms with Crippen LogP contribution in [0, 0.1) is 55.5 Å². The van der Waals surface area contributed by atoms with E-state index >= 15 is 0 Å². The number of nitrogens with one attached hydrogen (secondary N) is 2. The molecule has 3 rings (SSSR count). The maximum atomic E-state index is 10.8. The molecular formula is C20H22AcN4O2. The van der Waals surface area contributed by atoms with E-state index in [0.29, 0.717) is 18.3 Å². The number of rotatable bonds is 3. The van der Waals surface area contributed by atoms with Crippen molar-refractivity contribution in [2.45, 2.75) is 38.1 Å². The molecule has 137 valence electrons. The van der Waals surface area contributed by atoms with Crippen LogP contribution in [-0.2, 0) is 6.54 Å². The number of para-hydroxylation sites is 1. The Morgan fingerprint density at radius 3 is 2.56 bits per heavy atom. The van der Waals surface area contributed by atoms with Crippen molar-refractivity contribution in [3.63, 3.8) is 0 Å². The number of aliphatic imine (C=N–C) groups is 1. The maximum Gasteiger partial charge on any atom is 0.205 e. The minimum Gasteiger partial charge on any atom is -0.485 e. The third kappa shape index (κ3) is 5.23. The molecule has 1 aliphatic heterocycles.